The molecule has 0 amide bonds. The second-order valence-corrected chi connectivity index (χ2v) is 7.08. The van der Waals surface area contributed by atoms with E-state index in [0.717, 1.165) is 32.4 Å². The molecule has 1 aliphatic rings. The van der Waals surface area contributed by atoms with Gasteiger partial charge in [-0.3, -0.25) is 4.99 Å². The van der Waals surface area contributed by atoms with Crippen LogP contribution < -0.4 is 4.72 Å². The Labute approximate surface area is 131 Å². The third kappa shape index (κ3) is 4.35. The maximum atomic E-state index is 12.4. The molecule has 0 spiro atoms. The van der Waals surface area contributed by atoms with Crippen LogP contribution in [0, 0.1) is 0 Å². The molecule has 1 heterocycles. The fourth-order valence-electron chi connectivity index (χ4n) is 2.11. The maximum Gasteiger partial charge on any atom is 0.264 e. The van der Waals surface area contributed by atoms with Gasteiger partial charge in [0, 0.05) is 24.7 Å². The molecule has 0 fully saturated rings. The lowest BCUT2D eigenvalue weighted by molar-refractivity contribution is 0.377. The molecule has 0 atom stereocenters. The largest absolute Gasteiger partial charge is 0.342 e. The topological polar surface area (TPSA) is 61.8 Å². The highest BCUT2D eigenvalue weighted by Gasteiger charge is 2.21. The number of hydrogen-bond donors (Lipinski definition) is 1. The van der Waals surface area contributed by atoms with Gasteiger partial charge in [0.25, 0.3) is 10.0 Å². The number of hydrogen-bond acceptors (Lipinski definition) is 4. The Hall–Kier alpha value is -1.27. The van der Waals surface area contributed by atoms with Gasteiger partial charge in [0.05, 0.1) is 4.90 Å². The van der Waals surface area contributed by atoms with Gasteiger partial charge >= 0.3 is 0 Å². The number of guanidine groups is 1. The van der Waals surface area contributed by atoms with E-state index in [2.05, 4.69) is 16.6 Å². The molecule has 5 nitrogen and oxygen atoms in total. The lowest BCUT2D eigenvalue weighted by atomic mass is 10.3. The molecule has 0 saturated heterocycles. The van der Waals surface area contributed by atoms with E-state index < -0.39 is 10.0 Å². The van der Waals surface area contributed by atoms with Crippen molar-refractivity contribution in [3.05, 3.63) is 29.3 Å². The molecule has 21 heavy (non-hydrogen) atoms. The molecule has 0 unspecified atom stereocenters. The normalized spacial score (nSPS) is 15.7. The van der Waals surface area contributed by atoms with Crippen molar-refractivity contribution >= 4 is 27.6 Å². The Morgan fingerprint density at radius 2 is 2.05 bits per heavy atom. The van der Waals surface area contributed by atoms with Gasteiger partial charge in [0.15, 0.2) is 0 Å². The molecule has 0 radical (unpaired) electrons. The first-order chi connectivity index (χ1) is 10.0. The fourth-order valence-corrected chi connectivity index (χ4v) is 3.28. The van der Waals surface area contributed by atoms with Crippen LogP contribution in [0.3, 0.4) is 0 Å². The molecule has 0 bridgehead atoms. The van der Waals surface area contributed by atoms with Gasteiger partial charge < -0.3 is 4.90 Å². The van der Waals surface area contributed by atoms with Crippen LogP contribution in [0.1, 0.15) is 26.2 Å². The molecule has 1 N–H and O–H groups in total. The summed E-state index contributed by atoms with van der Waals surface area (Å²) < 4.78 is 27.3. The van der Waals surface area contributed by atoms with Crippen molar-refractivity contribution in [2.45, 2.75) is 31.1 Å². The predicted molar refractivity (Wildman–Crippen MR) is 85.2 cm³/mol. The number of halogens is 1. The van der Waals surface area contributed by atoms with Crippen molar-refractivity contribution in [1.29, 1.82) is 0 Å². The summed E-state index contributed by atoms with van der Waals surface area (Å²) in [6.45, 7) is 4.42. The van der Waals surface area contributed by atoms with E-state index in [-0.39, 0.29) is 4.90 Å². The number of nitrogens with one attached hydrogen (secondary N) is 1. The molecule has 116 valence electrons. The van der Waals surface area contributed by atoms with Crippen molar-refractivity contribution in [3.63, 3.8) is 0 Å². The van der Waals surface area contributed by atoms with Crippen LogP contribution in [0.5, 0.6) is 0 Å². The zero-order valence-corrected chi connectivity index (χ0v) is 13.6. The number of benzene rings is 1. The van der Waals surface area contributed by atoms with E-state index in [0.29, 0.717) is 17.5 Å². The molecule has 2 rings (SSSR count). The first-order valence-corrected chi connectivity index (χ1v) is 8.97. The van der Waals surface area contributed by atoms with E-state index in [4.69, 9.17) is 11.6 Å². The summed E-state index contributed by atoms with van der Waals surface area (Å²) in [6, 6.07) is 6.11. The minimum Gasteiger partial charge on any atom is -0.342 e. The van der Waals surface area contributed by atoms with Gasteiger partial charge in [-0.05, 0) is 37.1 Å². The van der Waals surface area contributed by atoms with Gasteiger partial charge in [-0.1, -0.05) is 24.9 Å². The molecule has 0 saturated carbocycles. The Kier molecular flexibility index (Phi) is 5.47. The van der Waals surface area contributed by atoms with Crippen molar-refractivity contribution in [3.8, 4) is 0 Å². The quantitative estimate of drug-likeness (QED) is 0.902. The summed E-state index contributed by atoms with van der Waals surface area (Å²) in [4.78, 5) is 6.51. The van der Waals surface area contributed by atoms with E-state index >= 15 is 0 Å². The van der Waals surface area contributed by atoms with Crippen LogP contribution in [-0.2, 0) is 10.0 Å². The molecule has 1 aromatic rings. The van der Waals surface area contributed by atoms with E-state index in [1.165, 1.54) is 12.1 Å². The Balaban J connectivity index is 2.14. The van der Waals surface area contributed by atoms with Crippen molar-refractivity contribution in [2.75, 3.05) is 19.6 Å². The van der Waals surface area contributed by atoms with Crippen molar-refractivity contribution < 1.29 is 8.42 Å². The minimum atomic E-state index is -3.62. The molecular formula is C14H20ClN3O2S. The second kappa shape index (κ2) is 7.13. The molecular weight excluding hydrogens is 310 g/mol. The van der Waals surface area contributed by atoms with E-state index in [9.17, 15) is 8.42 Å². The van der Waals surface area contributed by atoms with Gasteiger partial charge in [-0.15, -0.1) is 0 Å². The Morgan fingerprint density at radius 1 is 1.33 bits per heavy atom. The number of sulfonamides is 1. The third-order valence-corrected chi connectivity index (χ3v) is 4.87. The standard InChI is InChI=1S/C14H20ClN3O2S/c1-2-3-10-18-11-4-9-16-14(18)17-21(19,20)13-7-5-12(15)6-8-13/h5-8H,2-4,9-11H2,1H3,(H,16,17). The highest BCUT2D eigenvalue weighted by Crippen LogP contribution is 2.14. The van der Waals surface area contributed by atoms with E-state index in [1.54, 1.807) is 12.1 Å². The smallest absolute Gasteiger partial charge is 0.264 e. The second-order valence-electron chi connectivity index (χ2n) is 4.96. The average Bonchev–Trinajstić information content (AvgIpc) is 2.46. The SMILES string of the molecule is CCCCN1CCCN=C1NS(=O)(=O)c1ccc(Cl)cc1. The van der Waals surface area contributed by atoms with Crippen LogP contribution in [0.4, 0.5) is 0 Å². The highest BCUT2D eigenvalue weighted by atomic mass is 35.5. The number of aliphatic imine (C=N–C) groups is 1. The number of unbranched alkanes of at least 4 members (excludes halogenated alkanes) is 1. The zero-order chi connectivity index (χ0) is 15.3. The van der Waals surface area contributed by atoms with Crippen LogP contribution >= 0.6 is 11.6 Å². The third-order valence-electron chi connectivity index (χ3n) is 3.28. The summed E-state index contributed by atoms with van der Waals surface area (Å²) in [6.07, 6.45) is 3.03. The highest BCUT2D eigenvalue weighted by molar-refractivity contribution is 7.90. The van der Waals surface area contributed by atoms with Crippen molar-refractivity contribution in [1.82, 2.24) is 9.62 Å². The van der Waals surface area contributed by atoms with Crippen molar-refractivity contribution in [2.24, 2.45) is 4.99 Å². The molecule has 7 heteroatoms. The minimum absolute atomic E-state index is 0.190. The Morgan fingerprint density at radius 3 is 2.71 bits per heavy atom. The van der Waals surface area contributed by atoms with E-state index in [1.807, 2.05) is 4.90 Å². The predicted octanol–water partition coefficient (Wildman–Crippen LogP) is 2.48. The van der Waals surface area contributed by atoms with Gasteiger partial charge in [-0.2, -0.15) is 0 Å². The average molecular weight is 330 g/mol. The van der Waals surface area contributed by atoms with Gasteiger partial charge in [0.2, 0.25) is 5.96 Å². The van der Waals surface area contributed by atoms with Crippen LogP contribution in [0.25, 0.3) is 0 Å². The lowest BCUT2D eigenvalue weighted by Gasteiger charge is -2.29. The van der Waals surface area contributed by atoms with Gasteiger partial charge in [-0.25, -0.2) is 13.1 Å². The summed E-state index contributed by atoms with van der Waals surface area (Å²) >= 11 is 5.79. The maximum absolute atomic E-state index is 12.4. The monoisotopic (exact) mass is 329 g/mol. The van der Waals surface area contributed by atoms with Crippen LogP contribution in [-0.4, -0.2) is 38.9 Å². The summed E-state index contributed by atoms with van der Waals surface area (Å²) in [5.41, 5.74) is 0. The lowest BCUT2D eigenvalue weighted by Crippen LogP contribution is -2.47. The summed E-state index contributed by atoms with van der Waals surface area (Å²) in [7, 11) is -3.62. The zero-order valence-electron chi connectivity index (χ0n) is 12.0. The molecule has 0 aliphatic carbocycles. The molecule has 1 aliphatic heterocycles. The summed E-state index contributed by atoms with van der Waals surface area (Å²) in [5, 5.41) is 0.508. The first-order valence-electron chi connectivity index (χ1n) is 7.10. The Bertz CT molecular complexity index is 599. The fraction of sp³-hybridized carbons (Fsp3) is 0.500. The summed E-state index contributed by atoms with van der Waals surface area (Å²) in [5.74, 6) is 0.449. The molecule has 0 aromatic heterocycles. The number of rotatable bonds is 5. The van der Waals surface area contributed by atoms with Gasteiger partial charge in [0.1, 0.15) is 0 Å². The first kappa shape index (κ1) is 16.1. The van der Waals surface area contributed by atoms with Crippen LogP contribution in [0.15, 0.2) is 34.2 Å². The number of nitrogens with zero attached hydrogens (tertiary/aromatic N) is 2. The van der Waals surface area contributed by atoms with Crippen LogP contribution in [0.2, 0.25) is 5.02 Å². The molecule has 1 aromatic carbocycles.